The van der Waals surface area contributed by atoms with Gasteiger partial charge < -0.3 is 15.4 Å². The topological polar surface area (TPSA) is 102 Å². The van der Waals surface area contributed by atoms with E-state index in [1.54, 1.807) is 54.1 Å². The van der Waals surface area contributed by atoms with Crippen molar-refractivity contribution < 1.29 is 14.3 Å². The molecular weight excluding hydrogens is 440 g/mol. The summed E-state index contributed by atoms with van der Waals surface area (Å²) in [7, 11) is 1.58. The van der Waals surface area contributed by atoms with Gasteiger partial charge >= 0.3 is 0 Å². The van der Waals surface area contributed by atoms with Crippen molar-refractivity contribution in [3.63, 3.8) is 0 Å². The molecule has 4 rings (SSSR count). The second-order valence-electron chi connectivity index (χ2n) is 8.06. The van der Waals surface area contributed by atoms with Crippen molar-refractivity contribution in [2.24, 2.45) is 0 Å². The molecule has 33 heavy (non-hydrogen) atoms. The van der Waals surface area contributed by atoms with Gasteiger partial charge in [-0.3, -0.25) is 19.0 Å². The molecule has 8 nitrogen and oxygen atoms in total. The van der Waals surface area contributed by atoms with Gasteiger partial charge in [0.2, 0.25) is 5.91 Å². The molecule has 2 aromatic carbocycles. The molecular formula is C24H26N4O4S. The molecule has 0 bridgehead atoms. The lowest BCUT2D eigenvalue weighted by atomic mass is 10.2. The van der Waals surface area contributed by atoms with Gasteiger partial charge in [0.1, 0.15) is 0 Å². The highest BCUT2D eigenvalue weighted by Crippen LogP contribution is 2.22. The normalized spacial score (nSPS) is 14.1. The van der Waals surface area contributed by atoms with E-state index in [-0.39, 0.29) is 35.2 Å². The molecule has 1 unspecified atom stereocenters. The van der Waals surface area contributed by atoms with Gasteiger partial charge in [-0.2, -0.15) is 0 Å². The largest absolute Gasteiger partial charge is 0.383 e. The summed E-state index contributed by atoms with van der Waals surface area (Å²) in [6.07, 6.45) is 2.02. The number of hydrogen-bond donors (Lipinski definition) is 2. The van der Waals surface area contributed by atoms with E-state index in [0.29, 0.717) is 33.9 Å². The van der Waals surface area contributed by atoms with Crippen molar-refractivity contribution in [3.05, 3.63) is 64.4 Å². The van der Waals surface area contributed by atoms with Gasteiger partial charge in [-0.05, 0) is 50.1 Å². The molecule has 0 spiro atoms. The maximum atomic E-state index is 13.1. The van der Waals surface area contributed by atoms with Gasteiger partial charge in [-0.25, -0.2) is 4.98 Å². The predicted molar refractivity (Wildman–Crippen MR) is 129 cm³/mol. The number of nitrogens with zero attached hydrogens (tertiary/aromatic N) is 2. The molecule has 1 fully saturated rings. The van der Waals surface area contributed by atoms with Crippen molar-refractivity contribution in [2.75, 3.05) is 24.8 Å². The zero-order valence-corrected chi connectivity index (χ0v) is 19.4. The van der Waals surface area contributed by atoms with Crippen LogP contribution in [0.25, 0.3) is 10.9 Å². The lowest BCUT2D eigenvalue weighted by molar-refractivity contribution is -0.113. The molecule has 1 saturated carbocycles. The highest BCUT2D eigenvalue weighted by molar-refractivity contribution is 7.99. The fourth-order valence-corrected chi connectivity index (χ4v) is 4.39. The van der Waals surface area contributed by atoms with Crippen molar-refractivity contribution in [1.29, 1.82) is 0 Å². The number of fused-ring (bicyclic) bond motifs is 1. The number of anilines is 1. The molecule has 2 amide bonds. The minimum atomic E-state index is -0.256. The van der Waals surface area contributed by atoms with Crippen LogP contribution >= 0.6 is 11.8 Å². The lowest BCUT2D eigenvalue weighted by Crippen LogP contribution is -2.29. The minimum Gasteiger partial charge on any atom is -0.383 e. The van der Waals surface area contributed by atoms with E-state index >= 15 is 0 Å². The van der Waals surface area contributed by atoms with Crippen LogP contribution in [0, 0.1) is 0 Å². The maximum Gasteiger partial charge on any atom is 0.262 e. The second-order valence-corrected chi connectivity index (χ2v) is 9.00. The number of para-hydroxylation sites is 1. The monoisotopic (exact) mass is 466 g/mol. The van der Waals surface area contributed by atoms with E-state index in [4.69, 9.17) is 4.74 Å². The van der Waals surface area contributed by atoms with E-state index < -0.39 is 0 Å². The molecule has 1 heterocycles. The number of methoxy groups -OCH3 is 1. The van der Waals surface area contributed by atoms with Gasteiger partial charge in [0.25, 0.3) is 11.5 Å². The molecule has 0 saturated heterocycles. The summed E-state index contributed by atoms with van der Waals surface area (Å²) in [5.41, 5.74) is 1.47. The molecule has 0 radical (unpaired) electrons. The first-order valence-electron chi connectivity index (χ1n) is 10.8. The number of rotatable bonds is 9. The summed E-state index contributed by atoms with van der Waals surface area (Å²) in [4.78, 5) is 42.6. The van der Waals surface area contributed by atoms with Crippen LogP contribution in [0.2, 0.25) is 0 Å². The number of carbonyl (C=O) groups excluding carboxylic acids is 2. The number of aromatic nitrogens is 2. The van der Waals surface area contributed by atoms with E-state index in [1.807, 2.05) is 13.0 Å². The smallest absolute Gasteiger partial charge is 0.262 e. The Labute approximate surface area is 195 Å². The van der Waals surface area contributed by atoms with E-state index in [2.05, 4.69) is 15.6 Å². The molecule has 1 aromatic heterocycles. The van der Waals surface area contributed by atoms with E-state index in [0.717, 1.165) is 12.8 Å². The standard InChI is InChI=1S/C24H26N4O4S/c1-15(13-32-2)28-23(31)19-8-3-4-9-20(19)27-24(28)33-14-21(29)25-18-7-5-6-16(12-18)22(30)26-17-10-11-17/h3-9,12,15,17H,10-11,13-14H2,1-2H3,(H,25,29)(H,26,30). The quantitative estimate of drug-likeness (QED) is 0.371. The predicted octanol–water partition coefficient (Wildman–Crippen LogP) is 3.23. The van der Waals surface area contributed by atoms with Crippen LogP contribution in [-0.2, 0) is 9.53 Å². The first-order chi connectivity index (χ1) is 16.0. The SMILES string of the molecule is COCC(C)n1c(SCC(=O)Nc2cccc(C(=O)NC3CC3)c2)nc2ccccc2c1=O. The number of carbonyl (C=O) groups is 2. The highest BCUT2D eigenvalue weighted by atomic mass is 32.2. The molecule has 1 atom stereocenters. The average Bonchev–Trinajstić information content (AvgIpc) is 3.62. The van der Waals surface area contributed by atoms with Gasteiger partial charge in [0.05, 0.1) is 29.3 Å². The Bertz CT molecular complexity index is 1240. The van der Waals surface area contributed by atoms with Crippen LogP contribution in [0.1, 0.15) is 36.2 Å². The van der Waals surface area contributed by atoms with Crippen molar-refractivity contribution in [1.82, 2.24) is 14.9 Å². The molecule has 3 aromatic rings. The third kappa shape index (κ3) is 5.61. The number of hydrogen-bond acceptors (Lipinski definition) is 6. The van der Waals surface area contributed by atoms with E-state index in [1.165, 1.54) is 11.8 Å². The Morgan fingerprint density at radius 3 is 2.76 bits per heavy atom. The maximum absolute atomic E-state index is 13.1. The van der Waals surface area contributed by atoms with Crippen LogP contribution < -0.4 is 16.2 Å². The van der Waals surface area contributed by atoms with Crippen LogP contribution in [0.5, 0.6) is 0 Å². The first kappa shape index (κ1) is 23.0. The molecule has 9 heteroatoms. The average molecular weight is 467 g/mol. The van der Waals surface area contributed by atoms with Crippen LogP contribution in [0.3, 0.4) is 0 Å². The zero-order chi connectivity index (χ0) is 23.4. The Kier molecular flexibility index (Phi) is 7.10. The minimum absolute atomic E-state index is 0.0585. The third-order valence-electron chi connectivity index (χ3n) is 5.28. The number of amides is 2. The Balaban J connectivity index is 1.49. The fraction of sp³-hybridized carbons (Fsp3) is 0.333. The summed E-state index contributed by atoms with van der Waals surface area (Å²) in [6.45, 7) is 2.22. The first-order valence-corrected chi connectivity index (χ1v) is 11.8. The zero-order valence-electron chi connectivity index (χ0n) is 18.5. The van der Waals surface area contributed by atoms with Gasteiger partial charge in [0.15, 0.2) is 5.16 Å². The Morgan fingerprint density at radius 2 is 2.00 bits per heavy atom. The van der Waals surface area contributed by atoms with Crippen molar-refractivity contribution >= 4 is 40.2 Å². The number of benzene rings is 2. The number of nitrogens with one attached hydrogen (secondary N) is 2. The van der Waals surface area contributed by atoms with Crippen LogP contribution in [-0.4, -0.2) is 46.9 Å². The summed E-state index contributed by atoms with van der Waals surface area (Å²) >= 11 is 1.19. The number of thioether (sulfide) groups is 1. The van der Waals surface area contributed by atoms with Gasteiger partial charge in [-0.15, -0.1) is 0 Å². The molecule has 2 N–H and O–H groups in total. The third-order valence-corrected chi connectivity index (χ3v) is 6.23. The lowest BCUT2D eigenvalue weighted by Gasteiger charge is -2.18. The summed E-state index contributed by atoms with van der Waals surface area (Å²) < 4.78 is 6.81. The number of ether oxygens (including phenoxy) is 1. The van der Waals surface area contributed by atoms with Crippen LogP contribution in [0.15, 0.2) is 58.5 Å². The molecule has 0 aliphatic heterocycles. The van der Waals surface area contributed by atoms with E-state index in [9.17, 15) is 14.4 Å². The highest BCUT2D eigenvalue weighted by Gasteiger charge is 2.24. The fourth-order valence-electron chi connectivity index (χ4n) is 3.49. The van der Waals surface area contributed by atoms with Crippen molar-refractivity contribution in [2.45, 2.75) is 37.0 Å². The Hall–Kier alpha value is -3.17. The second kappa shape index (κ2) is 10.2. The molecule has 1 aliphatic rings. The van der Waals surface area contributed by atoms with Crippen LogP contribution in [0.4, 0.5) is 5.69 Å². The van der Waals surface area contributed by atoms with Crippen molar-refractivity contribution in [3.8, 4) is 0 Å². The summed E-state index contributed by atoms with van der Waals surface area (Å²) in [5.74, 6) is -0.337. The molecule has 172 valence electrons. The molecule has 1 aliphatic carbocycles. The summed E-state index contributed by atoms with van der Waals surface area (Å²) in [5, 5.41) is 6.74. The summed E-state index contributed by atoms with van der Waals surface area (Å²) in [6, 6.07) is 14.0. The Morgan fingerprint density at radius 1 is 1.21 bits per heavy atom. The van der Waals surface area contributed by atoms with Gasteiger partial charge in [0, 0.05) is 24.4 Å². The van der Waals surface area contributed by atoms with Gasteiger partial charge in [-0.1, -0.05) is 30.0 Å².